The largest absolute Gasteiger partial charge is 0.477 e. The highest BCUT2D eigenvalue weighted by molar-refractivity contribution is 6.00. The lowest BCUT2D eigenvalue weighted by Crippen LogP contribution is -2.38. The molecule has 1 aromatic heterocycles. The minimum absolute atomic E-state index is 0.0836. The molecule has 0 fully saturated rings. The fraction of sp³-hybridized carbons (Fsp3) is 0.571. The number of hydrogen-bond donors (Lipinski definition) is 3. The standard InChI is InChI=1S/C14H22N2O3/c1-6-10(7(2)3)16-13(17)11-8(4)12(14(18)19)15-9(11)5/h7,10,15H,6H2,1-5H3,(H,16,17)(H,18,19). The van der Waals surface area contributed by atoms with Crippen molar-refractivity contribution in [2.75, 3.05) is 0 Å². The zero-order valence-corrected chi connectivity index (χ0v) is 12.1. The van der Waals surface area contributed by atoms with Gasteiger partial charge in [-0.3, -0.25) is 4.79 Å². The molecule has 1 unspecified atom stereocenters. The summed E-state index contributed by atoms with van der Waals surface area (Å²) in [4.78, 5) is 26.1. The number of carbonyl (C=O) groups excluding carboxylic acids is 1. The van der Waals surface area contributed by atoms with Crippen molar-refractivity contribution in [3.8, 4) is 0 Å². The highest BCUT2D eigenvalue weighted by Crippen LogP contribution is 2.18. The van der Waals surface area contributed by atoms with Crippen molar-refractivity contribution < 1.29 is 14.7 Å². The minimum atomic E-state index is -1.05. The molecule has 1 aromatic rings. The summed E-state index contributed by atoms with van der Waals surface area (Å²) in [5.74, 6) is -0.915. The summed E-state index contributed by atoms with van der Waals surface area (Å²) in [6, 6.07) is 0.0921. The topological polar surface area (TPSA) is 82.2 Å². The van der Waals surface area contributed by atoms with Crippen LogP contribution in [0.1, 0.15) is 59.3 Å². The van der Waals surface area contributed by atoms with Gasteiger partial charge >= 0.3 is 5.97 Å². The number of aromatic nitrogens is 1. The van der Waals surface area contributed by atoms with Crippen LogP contribution in [0.15, 0.2) is 0 Å². The smallest absolute Gasteiger partial charge is 0.352 e. The van der Waals surface area contributed by atoms with Gasteiger partial charge in [-0.2, -0.15) is 0 Å². The van der Waals surface area contributed by atoms with E-state index in [0.717, 1.165) is 6.42 Å². The summed E-state index contributed by atoms with van der Waals surface area (Å²) in [6.45, 7) is 9.48. The average Bonchev–Trinajstić information content (AvgIpc) is 2.61. The molecule has 0 aliphatic carbocycles. The summed E-state index contributed by atoms with van der Waals surface area (Å²) in [6.07, 6.45) is 0.845. The summed E-state index contributed by atoms with van der Waals surface area (Å²) in [5, 5.41) is 12.0. The molecule has 0 aromatic carbocycles. The first-order valence-electron chi connectivity index (χ1n) is 6.52. The number of amides is 1. The van der Waals surface area contributed by atoms with Crippen LogP contribution in [-0.4, -0.2) is 28.0 Å². The van der Waals surface area contributed by atoms with E-state index in [4.69, 9.17) is 5.11 Å². The molecule has 0 aliphatic heterocycles. The Bertz CT molecular complexity index is 489. The number of aromatic carboxylic acids is 1. The first kappa shape index (κ1) is 15.3. The van der Waals surface area contributed by atoms with Crippen LogP contribution in [0, 0.1) is 19.8 Å². The van der Waals surface area contributed by atoms with Crippen LogP contribution < -0.4 is 5.32 Å². The molecule has 0 saturated heterocycles. The van der Waals surface area contributed by atoms with E-state index in [0.29, 0.717) is 22.7 Å². The lowest BCUT2D eigenvalue weighted by Gasteiger charge is -2.20. The van der Waals surface area contributed by atoms with Crippen LogP contribution in [0.3, 0.4) is 0 Å². The molecule has 19 heavy (non-hydrogen) atoms. The van der Waals surface area contributed by atoms with E-state index < -0.39 is 5.97 Å². The van der Waals surface area contributed by atoms with Crippen LogP contribution in [0.25, 0.3) is 0 Å². The Morgan fingerprint density at radius 2 is 1.89 bits per heavy atom. The zero-order valence-electron chi connectivity index (χ0n) is 12.1. The first-order chi connectivity index (χ1) is 8.79. The number of hydrogen-bond acceptors (Lipinski definition) is 2. The average molecular weight is 266 g/mol. The molecule has 0 saturated carbocycles. The van der Waals surface area contributed by atoms with Gasteiger partial charge in [0.05, 0.1) is 5.56 Å². The zero-order chi connectivity index (χ0) is 14.7. The van der Waals surface area contributed by atoms with E-state index in [1.54, 1.807) is 13.8 Å². The summed E-state index contributed by atoms with van der Waals surface area (Å²) in [7, 11) is 0. The van der Waals surface area contributed by atoms with Crippen LogP contribution in [-0.2, 0) is 0 Å². The van der Waals surface area contributed by atoms with Crippen molar-refractivity contribution in [1.82, 2.24) is 10.3 Å². The van der Waals surface area contributed by atoms with Gasteiger partial charge in [0.1, 0.15) is 5.69 Å². The first-order valence-corrected chi connectivity index (χ1v) is 6.52. The third-order valence-electron chi connectivity index (χ3n) is 3.44. The van der Waals surface area contributed by atoms with Crippen molar-refractivity contribution in [2.45, 2.75) is 47.1 Å². The lowest BCUT2D eigenvalue weighted by molar-refractivity contribution is 0.0690. The molecule has 106 valence electrons. The van der Waals surface area contributed by atoms with E-state index >= 15 is 0 Å². The van der Waals surface area contributed by atoms with Gasteiger partial charge in [-0.15, -0.1) is 0 Å². The van der Waals surface area contributed by atoms with Crippen LogP contribution in [0.5, 0.6) is 0 Å². The number of carbonyl (C=O) groups is 2. The van der Waals surface area contributed by atoms with E-state index in [1.165, 1.54) is 0 Å². The Kier molecular flexibility index (Phi) is 4.75. The molecule has 0 spiro atoms. The highest BCUT2D eigenvalue weighted by atomic mass is 16.4. The number of nitrogens with one attached hydrogen (secondary N) is 2. The lowest BCUT2D eigenvalue weighted by atomic mass is 10.0. The quantitative estimate of drug-likeness (QED) is 0.765. The second-order valence-corrected chi connectivity index (χ2v) is 5.16. The Labute approximate surface area is 113 Å². The summed E-state index contributed by atoms with van der Waals surface area (Å²) >= 11 is 0. The van der Waals surface area contributed by atoms with Crippen LogP contribution >= 0.6 is 0 Å². The monoisotopic (exact) mass is 266 g/mol. The molecule has 1 rings (SSSR count). The van der Waals surface area contributed by atoms with E-state index in [9.17, 15) is 9.59 Å². The maximum Gasteiger partial charge on any atom is 0.352 e. The molecule has 1 atom stereocenters. The number of H-pyrrole nitrogens is 1. The van der Waals surface area contributed by atoms with E-state index in [-0.39, 0.29) is 17.6 Å². The van der Waals surface area contributed by atoms with Crippen molar-refractivity contribution in [2.24, 2.45) is 5.92 Å². The number of rotatable bonds is 5. The Morgan fingerprint density at radius 3 is 2.26 bits per heavy atom. The molecule has 1 amide bonds. The van der Waals surface area contributed by atoms with Gasteiger partial charge in [-0.1, -0.05) is 20.8 Å². The molecule has 3 N–H and O–H groups in total. The summed E-state index contributed by atoms with van der Waals surface area (Å²) in [5.41, 5.74) is 1.60. The predicted molar refractivity (Wildman–Crippen MR) is 73.6 cm³/mol. The Balaban J connectivity index is 3.04. The predicted octanol–water partition coefficient (Wildman–Crippen LogP) is 2.49. The molecule has 5 heteroatoms. The molecule has 0 aliphatic rings. The molecular weight excluding hydrogens is 244 g/mol. The fourth-order valence-corrected chi connectivity index (χ4v) is 2.29. The third kappa shape index (κ3) is 3.16. The van der Waals surface area contributed by atoms with Crippen LogP contribution in [0.2, 0.25) is 0 Å². The van der Waals surface area contributed by atoms with Crippen molar-refractivity contribution >= 4 is 11.9 Å². The van der Waals surface area contributed by atoms with E-state index in [1.807, 2.05) is 20.8 Å². The third-order valence-corrected chi connectivity index (χ3v) is 3.44. The number of aromatic amines is 1. The van der Waals surface area contributed by atoms with Crippen molar-refractivity contribution in [3.05, 3.63) is 22.5 Å². The number of carboxylic acids is 1. The van der Waals surface area contributed by atoms with Gasteiger partial charge in [-0.25, -0.2) is 4.79 Å². The highest BCUT2D eigenvalue weighted by Gasteiger charge is 2.23. The van der Waals surface area contributed by atoms with Crippen LogP contribution in [0.4, 0.5) is 0 Å². The molecule has 5 nitrogen and oxygen atoms in total. The van der Waals surface area contributed by atoms with Crippen molar-refractivity contribution in [3.63, 3.8) is 0 Å². The maximum atomic E-state index is 12.3. The normalized spacial score (nSPS) is 12.5. The summed E-state index contributed by atoms with van der Waals surface area (Å²) < 4.78 is 0. The van der Waals surface area contributed by atoms with Gasteiger partial charge in [0, 0.05) is 11.7 Å². The Hall–Kier alpha value is -1.78. The number of aryl methyl sites for hydroxylation is 1. The second-order valence-electron chi connectivity index (χ2n) is 5.16. The molecular formula is C14H22N2O3. The molecule has 0 bridgehead atoms. The van der Waals surface area contributed by atoms with Gasteiger partial charge in [0.15, 0.2) is 0 Å². The second kappa shape index (κ2) is 5.91. The number of carboxylic acid groups (broad SMARTS) is 1. The van der Waals surface area contributed by atoms with Crippen molar-refractivity contribution in [1.29, 1.82) is 0 Å². The minimum Gasteiger partial charge on any atom is -0.477 e. The molecule has 0 radical (unpaired) electrons. The maximum absolute atomic E-state index is 12.3. The SMILES string of the molecule is CCC(NC(=O)c1c(C)[nH]c(C(=O)O)c1C)C(C)C. The van der Waals surface area contributed by atoms with Gasteiger partial charge in [0.2, 0.25) is 0 Å². The molecule has 1 heterocycles. The van der Waals surface area contributed by atoms with Gasteiger partial charge in [0.25, 0.3) is 5.91 Å². The van der Waals surface area contributed by atoms with E-state index in [2.05, 4.69) is 10.3 Å². The Morgan fingerprint density at radius 1 is 1.32 bits per heavy atom. The van der Waals surface area contributed by atoms with Gasteiger partial charge in [-0.05, 0) is 31.7 Å². The van der Waals surface area contributed by atoms with Gasteiger partial charge < -0.3 is 15.4 Å². The fourth-order valence-electron chi connectivity index (χ4n) is 2.29.